The lowest BCUT2D eigenvalue weighted by molar-refractivity contribution is -0.148. The number of ether oxygens (including phenoxy) is 3. The van der Waals surface area contributed by atoms with Crippen molar-refractivity contribution in [3.63, 3.8) is 0 Å². The highest BCUT2D eigenvalue weighted by Crippen LogP contribution is 1.80. The molecule has 1 N–H and O–H groups in total. The zero-order valence-corrected chi connectivity index (χ0v) is 9.58. The van der Waals surface area contributed by atoms with E-state index >= 15 is 0 Å². The highest BCUT2D eigenvalue weighted by Gasteiger charge is 1.99. The van der Waals surface area contributed by atoms with Gasteiger partial charge in [0.05, 0.1) is 19.8 Å². The molecule has 0 aromatic carbocycles. The van der Waals surface area contributed by atoms with Crippen molar-refractivity contribution in [2.24, 2.45) is 0 Å². The molecule has 5 heteroatoms. The van der Waals surface area contributed by atoms with E-state index in [2.05, 4.69) is 5.32 Å². The van der Waals surface area contributed by atoms with Crippen LogP contribution in [0, 0.1) is 0 Å². The van der Waals surface area contributed by atoms with Crippen LogP contribution in [0.4, 0.5) is 0 Å². The van der Waals surface area contributed by atoms with E-state index in [9.17, 15) is 4.79 Å². The van der Waals surface area contributed by atoms with Gasteiger partial charge in [0.25, 0.3) is 0 Å². The number of hydrogen-bond acceptors (Lipinski definition) is 5. The molecular formula is C10H21NO4. The Bertz CT molecular complexity index is 152. The summed E-state index contributed by atoms with van der Waals surface area (Å²) in [6.07, 6.45) is 0. The molecule has 0 saturated carbocycles. The fraction of sp³-hybridized carbons (Fsp3) is 0.900. The summed E-state index contributed by atoms with van der Waals surface area (Å²) in [6, 6.07) is 0. The van der Waals surface area contributed by atoms with Crippen molar-refractivity contribution < 1.29 is 19.0 Å². The van der Waals surface area contributed by atoms with Gasteiger partial charge in [-0.25, -0.2) is 4.79 Å². The Morgan fingerprint density at radius 2 is 1.73 bits per heavy atom. The zero-order chi connectivity index (χ0) is 11.4. The summed E-state index contributed by atoms with van der Waals surface area (Å²) in [5.41, 5.74) is 0. The van der Waals surface area contributed by atoms with Crippen molar-refractivity contribution in [2.45, 2.75) is 13.8 Å². The number of esters is 1. The molecule has 0 aliphatic carbocycles. The minimum atomic E-state index is -0.313. The lowest BCUT2D eigenvalue weighted by Gasteiger charge is -2.05. The van der Waals surface area contributed by atoms with Crippen LogP contribution in [0.25, 0.3) is 0 Å². The summed E-state index contributed by atoms with van der Waals surface area (Å²) in [7, 11) is 0. The fourth-order valence-electron chi connectivity index (χ4n) is 0.916. The van der Waals surface area contributed by atoms with Crippen molar-refractivity contribution in [1.29, 1.82) is 0 Å². The van der Waals surface area contributed by atoms with E-state index in [1.807, 2.05) is 6.92 Å². The summed E-state index contributed by atoms with van der Waals surface area (Å²) >= 11 is 0. The van der Waals surface area contributed by atoms with Crippen molar-refractivity contribution in [3.05, 3.63) is 0 Å². The molecule has 0 amide bonds. The van der Waals surface area contributed by atoms with Crippen molar-refractivity contribution >= 4 is 5.97 Å². The highest BCUT2D eigenvalue weighted by atomic mass is 16.6. The maximum absolute atomic E-state index is 10.8. The summed E-state index contributed by atoms with van der Waals surface area (Å²) in [4.78, 5) is 10.8. The monoisotopic (exact) mass is 219 g/mol. The van der Waals surface area contributed by atoms with E-state index in [-0.39, 0.29) is 12.6 Å². The fourth-order valence-corrected chi connectivity index (χ4v) is 0.916. The minimum Gasteiger partial charge on any atom is -0.464 e. The molecule has 0 atom stereocenters. The number of nitrogens with one attached hydrogen (secondary N) is 1. The van der Waals surface area contributed by atoms with E-state index < -0.39 is 0 Å². The molecule has 0 aliphatic heterocycles. The molecular weight excluding hydrogens is 198 g/mol. The maximum atomic E-state index is 10.8. The van der Waals surface area contributed by atoms with Crippen molar-refractivity contribution in [1.82, 2.24) is 5.32 Å². The molecule has 90 valence electrons. The third-order valence-corrected chi connectivity index (χ3v) is 1.58. The molecule has 0 bridgehead atoms. The average Bonchev–Trinajstić information content (AvgIpc) is 2.22. The SMILES string of the molecule is CCOCCNCCOCC(=O)OCC. The van der Waals surface area contributed by atoms with Gasteiger partial charge < -0.3 is 19.5 Å². The van der Waals surface area contributed by atoms with Gasteiger partial charge in [-0.1, -0.05) is 0 Å². The van der Waals surface area contributed by atoms with Crippen LogP contribution in [0.1, 0.15) is 13.8 Å². The van der Waals surface area contributed by atoms with Gasteiger partial charge in [0.1, 0.15) is 6.61 Å². The van der Waals surface area contributed by atoms with Crippen LogP contribution in [0.15, 0.2) is 0 Å². The first-order chi connectivity index (χ1) is 7.31. The molecule has 0 heterocycles. The Hall–Kier alpha value is -0.650. The lowest BCUT2D eigenvalue weighted by Crippen LogP contribution is -2.25. The summed E-state index contributed by atoms with van der Waals surface area (Å²) in [6.45, 7) is 7.62. The van der Waals surface area contributed by atoms with Crippen LogP contribution < -0.4 is 5.32 Å². The Kier molecular flexibility index (Phi) is 10.9. The second kappa shape index (κ2) is 11.4. The van der Waals surface area contributed by atoms with Crippen LogP contribution in [0.2, 0.25) is 0 Å². The third-order valence-electron chi connectivity index (χ3n) is 1.58. The molecule has 0 aromatic rings. The molecule has 5 nitrogen and oxygen atoms in total. The summed E-state index contributed by atoms with van der Waals surface area (Å²) in [5.74, 6) is -0.313. The van der Waals surface area contributed by atoms with Crippen LogP contribution in [-0.4, -0.2) is 52.1 Å². The Morgan fingerprint density at radius 3 is 2.33 bits per heavy atom. The lowest BCUT2D eigenvalue weighted by atomic mass is 10.6. The van der Waals surface area contributed by atoms with Gasteiger partial charge in [0, 0.05) is 19.7 Å². The molecule has 0 aromatic heterocycles. The van der Waals surface area contributed by atoms with Gasteiger partial charge in [-0.3, -0.25) is 0 Å². The van der Waals surface area contributed by atoms with Crippen LogP contribution >= 0.6 is 0 Å². The van der Waals surface area contributed by atoms with Gasteiger partial charge >= 0.3 is 5.97 Å². The van der Waals surface area contributed by atoms with Gasteiger partial charge in [-0.15, -0.1) is 0 Å². The molecule has 0 spiro atoms. The van der Waals surface area contributed by atoms with Gasteiger partial charge in [-0.05, 0) is 13.8 Å². The van der Waals surface area contributed by atoms with E-state index in [4.69, 9.17) is 14.2 Å². The first kappa shape index (κ1) is 14.3. The number of hydrogen-bond donors (Lipinski definition) is 1. The standard InChI is InChI=1S/C10H21NO4/c1-3-13-7-5-11-6-8-14-9-10(12)15-4-2/h11H,3-9H2,1-2H3. The van der Waals surface area contributed by atoms with Gasteiger partial charge in [0.2, 0.25) is 0 Å². The quantitative estimate of drug-likeness (QED) is 0.420. The topological polar surface area (TPSA) is 56.8 Å². The summed E-state index contributed by atoms with van der Waals surface area (Å²) in [5, 5.41) is 3.12. The van der Waals surface area contributed by atoms with E-state index in [1.165, 1.54) is 0 Å². The number of rotatable bonds is 10. The predicted molar refractivity (Wildman–Crippen MR) is 56.8 cm³/mol. The van der Waals surface area contributed by atoms with Crippen LogP contribution in [-0.2, 0) is 19.0 Å². The van der Waals surface area contributed by atoms with E-state index in [1.54, 1.807) is 6.92 Å². The summed E-state index contributed by atoms with van der Waals surface area (Å²) < 4.78 is 14.9. The van der Waals surface area contributed by atoms with Gasteiger partial charge in [0.15, 0.2) is 0 Å². The second-order valence-corrected chi connectivity index (χ2v) is 2.80. The molecule has 0 rings (SSSR count). The largest absolute Gasteiger partial charge is 0.464 e. The molecule has 0 saturated heterocycles. The van der Waals surface area contributed by atoms with E-state index in [0.29, 0.717) is 26.4 Å². The molecule has 0 radical (unpaired) electrons. The second-order valence-electron chi connectivity index (χ2n) is 2.80. The van der Waals surface area contributed by atoms with Crippen LogP contribution in [0.5, 0.6) is 0 Å². The number of carbonyl (C=O) groups is 1. The van der Waals surface area contributed by atoms with Crippen molar-refractivity contribution in [3.8, 4) is 0 Å². The Labute approximate surface area is 91.1 Å². The Morgan fingerprint density at radius 1 is 1.07 bits per heavy atom. The maximum Gasteiger partial charge on any atom is 0.332 e. The van der Waals surface area contributed by atoms with Crippen molar-refractivity contribution in [2.75, 3.05) is 46.1 Å². The first-order valence-corrected chi connectivity index (χ1v) is 5.33. The minimum absolute atomic E-state index is 0.0288. The smallest absolute Gasteiger partial charge is 0.332 e. The molecule has 0 aliphatic rings. The molecule has 0 fully saturated rings. The predicted octanol–water partition coefficient (Wildman–Crippen LogP) is 0.192. The molecule has 0 unspecified atom stereocenters. The third kappa shape index (κ3) is 11.3. The first-order valence-electron chi connectivity index (χ1n) is 5.33. The normalized spacial score (nSPS) is 10.3. The zero-order valence-electron chi connectivity index (χ0n) is 9.58. The van der Waals surface area contributed by atoms with Gasteiger partial charge in [-0.2, -0.15) is 0 Å². The Balaban J connectivity index is 3.01. The number of carbonyl (C=O) groups excluding carboxylic acids is 1. The average molecular weight is 219 g/mol. The van der Waals surface area contributed by atoms with E-state index in [0.717, 1.165) is 13.2 Å². The molecule has 15 heavy (non-hydrogen) atoms. The highest BCUT2D eigenvalue weighted by molar-refractivity contribution is 5.70. The van der Waals surface area contributed by atoms with Crippen LogP contribution in [0.3, 0.4) is 0 Å².